The first-order valence-corrected chi connectivity index (χ1v) is 4.11. The fourth-order valence-corrected chi connectivity index (χ4v) is 1.12. The topological polar surface area (TPSA) is 69.1 Å². The van der Waals surface area contributed by atoms with Crippen LogP contribution in [-0.4, -0.2) is 5.91 Å². The van der Waals surface area contributed by atoms with Gasteiger partial charge in [0.1, 0.15) is 0 Å². The van der Waals surface area contributed by atoms with Crippen molar-refractivity contribution >= 4 is 29.3 Å². The standard InChI is InChI=1S/C9H8ClFN2O/c10-8-5(2-4-7(13)14)1-3-6(12)9(8)11/h1-4H,12H2,(H2,13,14). The van der Waals surface area contributed by atoms with Crippen LogP contribution in [0, 0.1) is 5.82 Å². The lowest BCUT2D eigenvalue weighted by Crippen LogP contribution is -2.05. The minimum Gasteiger partial charge on any atom is -0.396 e. The first-order chi connectivity index (χ1) is 6.52. The van der Waals surface area contributed by atoms with E-state index in [-0.39, 0.29) is 10.7 Å². The van der Waals surface area contributed by atoms with Gasteiger partial charge < -0.3 is 11.5 Å². The highest BCUT2D eigenvalue weighted by atomic mass is 35.5. The molecule has 0 fully saturated rings. The molecule has 14 heavy (non-hydrogen) atoms. The number of nitrogen functional groups attached to an aromatic ring is 1. The number of hydrogen-bond donors (Lipinski definition) is 2. The molecule has 0 bridgehead atoms. The van der Waals surface area contributed by atoms with Crippen LogP contribution in [0.2, 0.25) is 5.02 Å². The Morgan fingerprint density at radius 2 is 2.14 bits per heavy atom. The van der Waals surface area contributed by atoms with E-state index in [1.54, 1.807) is 0 Å². The molecule has 3 nitrogen and oxygen atoms in total. The average Bonchev–Trinajstić information content (AvgIpc) is 2.13. The molecule has 0 saturated carbocycles. The fraction of sp³-hybridized carbons (Fsp3) is 0. The highest BCUT2D eigenvalue weighted by Gasteiger charge is 2.07. The third kappa shape index (κ3) is 2.23. The number of rotatable bonds is 2. The molecule has 0 spiro atoms. The first kappa shape index (κ1) is 10.5. The molecule has 0 saturated heterocycles. The number of primary amides is 1. The Balaban J connectivity index is 3.12. The number of benzene rings is 1. The Morgan fingerprint density at radius 1 is 1.50 bits per heavy atom. The van der Waals surface area contributed by atoms with Crippen molar-refractivity contribution in [2.24, 2.45) is 5.73 Å². The van der Waals surface area contributed by atoms with Gasteiger partial charge in [0.25, 0.3) is 0 Å². The average molecular weight is 215 g/mol. The summed E-state index contributed by atoms with van der Waals surface area (Å²) in [4.78, 5) is 10.4. The molecule has 0 aromatic heterocycles. The Kier molecular flexibility index (Phi) is 3.09. The number of carbonyl (C=O) groups is 1. The monoisotopic (exact) mass is 214 g/mol. The summed E-state index contributed by atoms with van der Waals surface area (Å²) in [5.41, 5.74) is 10.5. The molecular weight excluding hydrogens is 207 g/mol. The predicted octanol–water partition coefficient (Wildman–Crippen LogP) is 1.56. The summed E-state index contributed by atoms with van der Waals surface area (Å²) in [6.45, 7) is 0. The molecule has 0 aliphatic rings. The third-order valence-electron chi connectivity index (χ3n) is 1.57. The molecule has 1 rings (SSSR count). The zero-order chi connectivity index (χ0) is 10.7. The summed E-state index contributed by atoms with van der Waals surface area (Å²) in [7, 11) is 0. The van der Waals surface area contributed by atoms with Gasteiger partial charge in [-0.25, -0.2) is 4.39 Å². The van der Waals surface area contributed by atoms with Crippen molar-refractivity contribution < 1.29 is 9.18 Å². The van der Waals surface area contributed by atoms with Crippen LogP contribution in [0.4, 0.5) is 10.1 Å². The Bertz CT molecular complexity index is 404. The lowest BCUT2D eigenvalue weighted by molar-refractivity contribution is -0.113. The second kappa shape index (κ2) is 4.11. The molecule has 0 heterocycles. The maximum absolute atomic E-state index is 13.1. The maximum Gasteiger partial charge on any atom is 0.241 e. The van der Waals surface area contributed by atoms with Gasteiger partial charge in [0, 0.05) is 6.08 Å². The molecule has 0 aliphatic carbocycles. The van der Waals surface area contributed by atoms with Gasteiger partial charge in [0.05, 0.1) is 10.7 Å². The van der Waals surface area contributed by atoms with Crippen molar-refractivity contribution in [2.45, 2.75) is 0 Å². The largest absolute Gasteiger partial charge is 0.396 e. The van der Waals surface area contributed by atoms with Gasteiger partial charge >= 0.3 is 0 Å². The fourth-order valence-electron chi connectivity index (χ4n) is 0.880. The van der Waals surface area contributed by atoms with Gasteiger partial charge in [-0.05, 0) is 17.7 Å². The highest BCUT2D eigenvalue weighted by Crippen LogP contribution is 2.25. The molecule has 0 unspecified atom stereocenters. The van der Waals surface area contributed by atoms with Crippen molar-refractivity contribution in [3.8, 4) is 0 Å². The second-order valence-corrected chi connectivity index (χ2v) is 2.99. The summed E-state index contributed by atoms with van der Waals surface area (Å²) >= 11 is 5.62. The van der Waals surface area contributed by atoms with Crippen LogP contribution in [0.5, 0.6) is 0 Å². The quantitative estimate of drug-likeness (QED) is 0.580. The minimum absolute atomic E-state index is 0.0359. The number of carbonyl (C=O) groups excluding carboxylic acids is 1. The molecule has 5 heteroatoms. The van der Waals surface area contributed by atoms with Gasteiger partial charge in [0.2, 0.25) is 5.91 Å². The normalized spacial score (nSPS) is 10.7. The van der Waals surface area contributed by atoms with E-state index in [0.29, 0.717) is 5.56 Å². The molecule has 0 radical (unpaired) electrons. The lowest BCUT2D eigenvalue weighted by Gasteiger charge is -2.01. The summed E-state index contributed by atoms with van der Waals surface area (Å²) in [6.07, 6.45) is 2.42. The molecule has 1 aromatic rings. The number of nitrogens with two attached hydrogens (primary N) is 2. The van der Waals surface area contributed by atoms with E-state index >= 15 is 0 Å². The van der Waals surface area contributed by atoms with E-state index in [1.807, 2.05) is 0 Å². The Hall–Kier alpha value is -1.55. The maximum atomic E-state index is 13.1. The minimum atomic E-state index is -0.696. The highest BCUT2D eigenvalue weighted by molar-refractivity contribution is 6.32. The van der Waals surface area contributed by atoms with Crippen LogP contribution in [0.3, 0.4) is 0 Å². The van der Waals surface area contributed by atoms with Crippen LogP contribution in [0.25, 0.3) is 6.08 Å². The smallest absolute Gasteiger partial charge is 0.241 e. The summed E-state index contributed by atoms with van der Waals surface area (Å²) < 4.78 is 13.1. The zero-order valence-electron chi connectivity index (χ0n) is 7.13. The van der Waals surface area contributed by atoms with E-state index in [0.717, 1.165) is 6.08 Å². The van der Waals surface area contributed by atoms with Crippen LogP contribution < -0.4 is 11.5 Å². The van der Waals surface area contributed by atoms with Gasteiger partial charge in [-0.1, -0.05) is 17.7 Å². The van der Waals surface area contributed by atoms with Gasteiger partial charge in [0.15, 0.2) is 5.82 Å². The van der Waals surface area contributed by atoms with E-state index < -0.39 is 11.7 Å². The lowest BCUT2D eigenvalue weighted by atomic mass is 10.2. The van der Waals surface area contributed by atoms with E-state index in [4.69, 9.17) is 23.1 Å². The van der Waals surface area contributed by atoms with E-state index in [2.05, 4.69) is 0 Å². The zero-order valence-corrected chi connectivity index (χ0v) is 7.88. The second-order valence-electron chi connectivity index (χ2n) is 2.61. The van der Waals surface area contributed by atoms with E-state index in [9.17, 15) is 9.18 Å². The molecule has 0 atom stereocenters. The molecule has 0 aliphatic heterocycles. The summed E-state index contributed by atoms with van der Waals surface area (Å²) in [5.74, 6) is -1.32. The summed E-state index contributed by atoms with van der Waals surface area (Å²) in [5, 5.41) is -0.123. The van der Waals surface area contributed by atoms with Crippen LogP contribution >= 0.6 is 11.6 Å². The number of hydrogen-bond acceptors (Lipinski definition) is 2. The first-order valence-electron chi connectivity index (χ1n) is 3.73. The Labute approximate surface area is 85.1 Å². The molecule has 74 valence electrons. The van der Waals surface area contributed by atoms with Gasteiger partial charge in [-0.3, -0.25) is 4.79 Å². The molecule has 4 N–H and O–H groups in total. The van der Waals surface area contributed by atoms with Crippen molar-refractivity contribution in [1.82, 2.24) is 0 Å². The molecule has 1 aromatic carbocycles. The predicted molar refractivity (Wildman–Crippen MR) is 54.1 cm³/mol. The number of halogens is 2. The van der Waals surface area contributed by atoms with Crippen LogP contribution in [0.1, 0.15) is 5.56 Å². The number of amides is 1. The SMILES string of the molecule is NC(=O)C=Cc1ccc(N)c(F)c1Cl. The third-order valence-corrected chi connectivity index (χ3v) is 1.95. The van der Waals surface area contributed by atoms with Gasteiger partial charge in [-0.15, -0.1) is 0 Å². The van der Waals surface area contributed by atoms with Crippen molar-refractivity contribution in [3.63, 3.8) is 0 Å². The number of anilines is 1. The molecular formula is C9H8ClFN2O. The van der Waals surface area contributed by atoms with Gasteiger partial charge in [-0.2, -0.15) is 0 Å². The van der Waals surface area contributed by atoms with Crippen molar-refractivity contribution in [2.75, 3.05) is 5.73 Å². The van der Waals surface area contributed by atoms with Crippen LogP contribution in [0.15, 0.2) is 18.2 Å². The van der Waals surface area contributed by atoms with Crippen molar-refractivity contribution in [3.05, 3.63) is 34.6 Å². The van der Waals surface area contributed by atoms with Crippen LogP contribution in [-0.2, 0) is 4.79 Å². The van der Waals surface area contributed by atoms with E-state index in [1.165, 1.54) is 18.2 Å². The van der Waals surface area contributed by atoms with Crippen molar-refractivity contribution in [1.29, 1.82) is 0 Å². The molecule has 1 amide bonds. The summed E-state index contributed by atoms with van der Waals surface area (Å²) in [6, 6.07) is 2.86. The Morgan fingerprint density at radius 3 is 2.71 bits per heavy atom.